The smallest absolute Gasteiger partial charge is 0.244 e. The second-order valence-corrected chi connectivity index (χ2v) is 5.05. The lowest BCUT2D eigenvalue weighted by molar-refractivity contribution is -0.122. The predicted molar refractivity (Wildman–Crippen MR) is 67.4 cm³/mol. The van der Waals surface area contributed by atoms with Gasteiger partial charge < -0.3 is 11.1 Å². The van der Waals surface area contributed by atoms with Gasteiger partial charge in [0.2, 0.25) is 5.91 Å². The van der Waals surface area contributed by atoms with Crippen LogP contribution < -0.4 is 11.1 Å². The van der Waals surface area contributed by atoms with Crippen molar-refractivity contribution in [2.75, 3.05) is 5.32 Å². The van der Waals surface area contributed by atoms with Crippen LogP contribution in [0.1, 0.15) is 32.6 Å². The topological polar surface area (TPSA) is 68.0 Å². The summed E-state index contributed by atoms with van der Waals surface area (Å²) in [6.07, 6.45) is 7.05. The van der Waals surface area contributed by atoms with Crippen LogP contribution in [0.25, 0.3) is 0 Å². The SMILES string of the molecule is CC1CCCC(N)(C(=O)Nc2ccncc2)C1. The van der Waals surface area contributed by atoms with Crippen LogP contribution in [0.3, 0.4) is 0 Å². The van der Waals surface area contributed by atoms with Crippen LogP contribution in [0, 0.1) is 5.92 Å². The van der Waals surface area contributed by atoms with Crippen molar-refractivity contribution >= 4 is 11.6 Å². The highest BCUT2D eigenvalue weighted by Crippen LogP contribution is 2.31. The van der Waals surface area contributed by atoms with Crippen molar-refractivity contribution in [1.29, 1.82) is 0 Å². The van der Waals surface area contributed by atoms with E-state index in [0.717, 1.165) is 24.9 Å². The van der Waals surface area contributed by atoms with Gasteiger partial charge in [-0.3, -0.25) is 9.78 Å². The molecular formula is C13H19N3O. The minimum Gasteiger partial charge on any atom is -0.324 e. The van der Waals surface area contributed by atoms with Crippen molar-refractivity contribution in [2.24, 2.45) is 11.7 Å². The fourth-order valence-corrected chi connectivity index (χ4v) is 2.49. The Morgan fingerprint density at radius 1 is 1.53 bits per heavy atom. The number of nitrogens with one attached hydrogen (secondary N) is 1. The van der Waals surface area contributed by atoms with E-state index in [-0.39, 0.29) is 5.91 Å². The van der Waals surface area contributed by atoms with Gasteiger partial charge in [-0.25, -0.2) is 0 Å². The lowest BCUT2D eigenvalue weighted by Gasteiger charge is -2.35. The first-order chi connectivity index (χ1) is 8.10. The molecule has 1 fully saturated rings. The molecule has 0 radical (unpaired) electrons. The van der Waals surface area contributed by atoms with E-state index in [4.69, 9.17) is 5.73 Å². The maximum Gasteiger partial charge on any atom is 0.244 e. The molecule has 0 aromatic carbocycles. The Morgan fingerprint density at radius 2 is 2.24 bits per heavy atom. The van der Waals surface area contributed by atoms with E-state index < -0.39 is 5.54 Å². The van der Waals surface area contributed by atoms with Gasteiger partial charge in [-0.05, 0) is 30.9 Å². The molecule has 2 unspecified atom stereocenters. The van der Waals surface area contributed by atoms with Crippen LogP contribution >= 0.6 is 0 Å². The van der Waals surface area contributed by atoms with Crippen LogP contribution in [-0.4, -0.2) is 16.4 Å². The van der Waals surface area contributed by atoms with E-state index in [1.165, 1.54) is 6.42 Å². The first-order valence-electron chi connectivity index (χ1n) is 6.10. The molecule has 4 nitrogen and oxygen atoms in total. The Kier molecular flexibility index (Phi) is 3.43. The van der Waals surface area contributed by atoms with Gasteiger partial charge in [0.15, 0.2) is 0 Å². The maximum absolute atomic E-state index is 12.2. The summed E-state index contributed by atoms with van der Waals surface area (Å²) in [7, 11) is 0. The van der Waals surface area contributed by atoms with Crippen LogP contribution in [0.4, 0.5) is 5.69 Å². The van der Waals surface area contributed by atoms with Crippen LogP contribution in [0.2, 0.25) is 0 Å². The van der Waals surface area contributed by atoms with E-state index in [1.54, 1.807) is 24.5 Å². The Labute approximate surface area is 102 Å². The second kappa shape index (κ2) is 4.84. The molecular weight excluding hydrogens is 214 g/mol. The van der Waals surface area contributed by atoms with E-state index >= 15 is 0 Å². The third-order valence-electron chi connectivity index (χ3n) is 3.42. The number of rotatable bonds is 2. The quantitative estimate of drug-likeness (QED) is 0.820. The van der Waals surface area contributed by atoms with Crippen molar-refractivity contribution in [3.63, 3.8) is 0 Å². The number of pyridine rings is 1. The molecule has 92 valence electrons. The number of hydrogen-bond acceptors (Lipinski definition) is 3. The molecule has 1 aliphatic carbocycles. The minimum atomic E-state index is -0.707. The first kappa shape index (κ1) is 12.0. The maximum atomic E-state index is 12.2. The highest BCUT2D eigenvalue weighted by molar-refractivity contribution is 5.97. The predicted octanol–water partition coefficient (Wildman–Crippen LogP) is 1.93. The zero-order chi connectivity index (χ0) is 12.3. The summed E-state index contributed by atoms with van der Waals surface area (Å²) in [5.74, 6) is 0.451. The van der Waals surface area contributed by atoms with Crippen LogP contribution in [0.15, 0.2) is 24.5 Å². The third kappa shape index (κ3) is 2.82. The van der Waals surface area contributed by atoms with Crippen LogP contribution in [0.5, 0.6) is 0 Å². The van der Waals surface area contributed by atoms with E-state index in [0.29, 0.717) is 5.92 Å². The first-order valence-corrected chi connectivity index (χ1v) is 6.10. The zero-order valence-corrected chi connectivity index (χ0v) is 10.1. The number of hydrogen-bond donors (Lipinski definition) is 2. The van der Waals surface area contributed by atoms with Crippen molar-refractivity contribution in [3.05, 3.63) is 24.5 Å². The summed E-state index contributed by atoms with van der Waals surface area (Å²) < 4.78 is 0. The molecule has 1 amide bonds. The highest BCUT2D eigenvalue weighted by Gasteiger charge is 2.37. The van der Waals surface area contributed by atoms with Gasteiger partial charge in [0, 0.05) is 18.1 Å². The standard InChI is InChI=1S/C13H19N3O/c1-10-3-2-6-13(14,9-10)12(17)16-11-4-7-15-8-5-11/h4-5,7-8,10H,2-3,6,9,14H2,1H3,(H,15,16,17). The van der Waals surface area contributed by atoms with Gasteiger partial charge in [-0.15, -0.1) is 0 Å². The second-order valence-electron chi connectivity index (χ2n) is 5.05. The minimum absolute atomic E-state index is 0.0738. The fourth-order valence-electron chi connectivity index (χ4n) is 2.49. The number of nitrogens with zero attached hydrogens (tertiary/aromatic N) is 1. The monoisotopic (exact) mass is 233 g/mol. The molecule has 0 bridgehead atoms. The highest BCUT2D eigenvalue weighted by atomic mass is 16.2. The third-order valence-corrected chi connectivity index (χ3v) is 3.42. The molecule has 2 atom stereocenters. The molecule has 2 rings (SSSR count). The molecule has 0 spiro atoms. The number of anilines is 1. The summed E-state index contributed by atoms with van der Waals surface area (Å²) in [4.78, 5) is 16.1. The van der Waals surface area contributed by atoms with Gasteiger partial charge in [0.05, 0.1) is 5.54 Å². The summed E-state index contributed by atoms with van der Waals surface area (Å²) >= 11 is 0. The van der Waals surface area contributed by atoms with Gasteiger partial charge in [-0.2, -0.15) is 0 Å². The molecule has 0 aliphatic heterocycles. The lowest BCUT2D eigenvalue weighted by Crippen LogP contribution is -2.53. The molecule has 1 aliphatic rings. The number of carbonyl (C=O) groups excluding carboxylic acids is 1. The Balaban J connectivity index is 2.04. The molecule has 1 aromatic heterocycles. The van der Waals surface area contributed by atoms with Crippen molar-refractivity contribution in [2.45, 2.75) is 38.1 Å². The van der Waals surface area contributed by atoms with E-state index in [2.05, 4.69) is 17.2 Å². The normalized spacial score (nSPS) is 28.7. The summed E-state index contributed by atoms with van der Waals surface area (Å²) in [6.45, 7) is 2.15. The largest absolute Gasteiger partial charge is 0.324 e. The number of carbonyl (C=O) groups is 1. The molecule has 1 saturated carbocycles. The molecule has 3 N–H and O–H groups in total. The Bertz CT molecular complexity index is 393. The van der Waals surface area contributed by atoms with Crippen LogP contribution in [-0.2, 0) is 4.79 Å². The Morgan fingerprint density at radius 3 is 2.88 bits per heavy atom. The van der Waals surface area contributed by atoms with Crippen molar-refractivity contribution in [3.8, 4) is 0 Å². The number of aromatic nitrogens is 1. The van der Waals surface area contributed by atoms with Gasteiger partial charge in [-0.1, -0.05) is 19.8 Å². The molecule has 1 aromatic rings. The fraction of sp³-hybridized carbons (Fsp3) is 0.538. The van der Waals surface area contributed by atoms with Gasteiger partial charge in [0.25, 0.3) is 0 Å². The molecule has 4 heteroatoms. The zero-order valence-electron chi connectivity index (χ0n) is 10.1. The van der Waals surface area contributed by atoms with Gasteiger partial charge >= 0.3 is 0 Å². The molecule has 0 saturated heterocycles. The van der Waals surface area contributed by atoms with E-state index in [9.17, 15) is 4.79 Å². The summed E-state index contributed by atoms with van der Waals surface area (Å²) in [6, 6.07) is 3.54. The molecule has 1 heterocycles. The summed E-state index contributed by atoms with van der Waals surface area (Å²) in [5.41, 5.74) is 6.26. The Hall–Kier alpha value is -1.42. The average molecular weight is 233 g/mol. The summed E-state index contributed by atoms with van der Waals surface area (Å²) in [5, 5.41) is 2.87. The molecule has 17 heavy (non-hydrogen) atoms. The van der Waals surface area contributed by atoms with Gasteiger partial charge in [0.1, 0.15) is 0 Å². The average Bonchev–Trinajstić information content (AvgIpc) is 2.30. The lowest BCUT2D eigenvalue weighted by atomic mass is 9.76. The number of nitrogens with two attached hydrogens (primary N) is 1. The number of amides is 1. The van der Waals surface area contributed by atoms with Crippen molar-refractivity contribution in [1.82, 2.24) is 4.98 Å². The van der Waals surface area contributed by atoms with Crippen molar-refractivity contribution < 1.29 is 4.79 Å². The van der Waals surface area contributed by atoms with E-state index in [1.807, 2.05) is 0 Å².